The van der Waals surface area contributed by atoms with Gasteiger partial charge in [-0.1, -0.05) is 18.2 Å². The summed E-state index contributed by atoms with van der Waals surface area (Å²) in [6.07, 6.45) is -3.52. The molecule has 0 aliphatic rings. The Bertz CT molecular complexity index is 432. The number of nitrogens with two attached hydrogens (primary N) is 1. The van der Waals surface area contributed by atoms with Gasteiger partial charge in [0.25, 0.3) is 0 Å². The summed E-state index contributed by atoms with van der Waals surface area (Å²) in [7, 11) is 1.28. The van der Waals surface area contributed by atoms with Gasteiger partial charge in [-0.2, -0.15) is 13.2 Å². The van der Waals surface area contributed by atoms with Gasteiger partial charge in [0.2, 0.25) is 0 Å². The SMILES string of the molecule is COC(=O)CCC(N)Cc1cccc(C(F)(F)F)c1. The van der Waals surface area contributed by atoms with Gasteiger partial charge >= 0.3 is 12.1 Å². The summed E-state index contributed by atoms with van der Waals surface area (Å²) >= 11 is 0. The summed E-state index contributed by atoms with van der Waals surface area (Å²) in [6, 6.07) is 4.67. The van der Waals surface area contributed by atoms with Gasteiger partial charge in [-0.15, -0.1) is 0 Å². The van der Waals surface area contributed by atoms with Crippen molar-refractivity contribution in [2.24, 2.45) is 5.73 Å². The van der Waals surface area contributed by atoms with Gasteiger partial charge in [0.05, 0.1) is 12.7 Å². The van der Waals surface area contributed by atoms with Crippen LogP contribution in [0.1, 0.15) is 24.0 Å². The second-order valence-corrected chi connectivity index (χ2v) is 4.28. The number of rotatable bonds is 5. The van der Waals surface area contributed by atoms with Crippen molar-refractivity contribution in [1.29, 1.82) is 0 Å². The lowest BCUT2D eigenvalue weighted by Gasteiger charge is -2.13. The standard InChI is InChI=1S/C13H16F3NO2/c1-19-12(18)6-5-11(17)8-9-3-2-4-10(7-9)13(14,15)16/h2-4,7,11H,5-6,8,17H2,1H3. The lowest BCUT2D eigenvalue weighted by Crippen LogP contribution is -2.24. The van der Waals surface area contributed by atoms with E-state index in [-0.39, 0.29) is 18.4 Å². The molecule has 0 aliphatic carbocycles. The van der Waals surface area contributed by atoms with E-state index in [1.54, 1.807) is 6.07 Å². The number of alkyl halides is 3. The minimum Gasteiger partial charge on any atom is -0.469 e. The molecular formula is C13H16F3NO2. The molecule has 0 spiro atoms. The smallest absolute Gasteiger partial charge is 0.416 e. The van der Waals surface area contributed by atoms with E-state index in [0.29, 0.717) is 18.4 Å². The number of halogens is 3. The van der Waals surface area contributed by atoms with Crippen molar-refractivity contribution in [2.45, 2.75) is 31.5 Å². The molecule has 0 bridgehead atoms. The third kappa shape index (κ3) is 5.30. The highest BCUT2D eigenvalue weighted by Crippen LogP contribution is 2.29. The average Bonchev–Trinajstić information content (AvgIpc) is 2.35. The zero-order valence-electron chi connectivity index (χ0n) is 10.5. The van der Waals surface area contributed by atoms with Gasteiger partial charge in [0, 0.05) is 12.5 Å². The fraction of sp³-hybridized carbons (Fsp3) is 0.462. The summed E-state index contributed by atoms with van der Waals surface area (Å²) in [4.78, 5) is 10.9. The molecule has 1 rings (SSSR count). The molecule has 0 saturated heterocycles. The van der Waals surface area contributed by atoms with E-state index in [0.717, 1.165) is 12.1 Å². The first kappa shape index (κ1) is 15.5. The minimum absolute atomic E-state index is 0.163. The van der Waals surface area contributed by atoms with Crippen molar-refractivity contribution >= 4 is 5.97 Å². The van der Waals surface area contributed by atoms with Crippen molar-refractivity contribution in [1.82, 2.24) is 0 Å². The van der Waals surface area contributed by atoms with Crippen LogP contribution in [0.3, 0.4) is 0 Å². The maximum Gasteiger partial charge on any atom is 0.416 e. The van der Waals surface area contributed by atoms with Gasteiger partial charge in [-0.25, -0.2) is 0 Å². The third-order valence-corrected chi connectivity index (χ3v) is 2.70. The van der Waals surface area contributed by atoms with Crippen LogP contribution in [0, 0.1) is 0 Å². The Hall–Kier alpha value is -1.56. The number of hydrogen-bond acceptors (Lipinski definition) is 3. The fourth-order valence-corrected chi connectivity index (χ4v) is 1.68. The van der Waals surface area contributed by atoms with Crippen LogP contribution in [0.4, 0.5) is 13.2 Å². The minimum atomic E-state index is -4.36. The Morgan fingerprint density at radius 3 is 2.68 bits per heavy atom. The molecule has 1 atom stereocenters. The number of ether oxygens (including phenoxy) is 1. The van der Waals surface area contributed by atoms with Crippen LogP contribution in [0.2, 0.25) is 0 Å². The third-order valence-electron chi connectivity index (χ3n) is 2.70. The second kappa shape index (κ2) is 6.56. The predicted octanol–water partition coefficient (Wildman–Crippen LogP) is 2.53. The number of esters is 1. The van der Waals surface area contributed by atoms with E-state index in [1.165, 1.54) is 13.2 Å². The van der Waals surface area contributed by atoms with Crippen LogP contribution in [0.15, 0.2) is 24.3 Å². The Kier molecular flexibility index (Phi) is 5.35. The Morgan fingerprint density at radius 1 is 1.42 bits per heavy atom. The average molecular weight is 275 g/mol. The molecule has 2 N–H and O–H groups in total. The van der Waals surface area contributed by atoms with Gasteiger partial charge in [-0.05, 0) is 24.5 Å². The maximum absolute atomic E-state index is 12.5. The molecular weight excluding hydrogens is 259 g/mol. The van der Waals surface area contributed by atoms with Crippen molar-refractivity contribution in [3.05, 3.63) is 35.4 Å². The quantitative estimate of drug-likeness (QED) is 0.840. The summed E-state index contributed by atoms with van der Waals surface area (Å²) in [6.45, 7) is 0. The van der Waals surface area contributed by atoms with Gasteiger partial charge in [0.15, 0.2) is 0 Å². The Morgan fingerprint density at radius 2 is 2.11 bits per heavy atom. The summed E-state index contributed by atoms with van der Waals surface area (Å²) in [5.41, 5.74) is 5.60. The van der Waals surface area contributed by atoms with Crippen LogP contribution in [0.5, 0.6) is 0 Å². The Labute approximate surface area is 109 Å². The molecule has 0 aromatic heterocycles. The molecule has 1 unspecified atom stereocenters. The van der Waals surface area contributed by atoms with Crippen LogP contribution in [0.25, 0.3) is 0 Å². The second-order valence-electron chi connectivity index (χ2n) is 4.28. The first-order valence-electron chi connectivity index (χ1n) is 5.81. The molecule has 1 aromatic carbocycles. The number of methoxy groups -OCH3 is 1. The van der Waals surface area contributed by atoms with Gasteiger partial charge in [-0.3, -0.25) is 4.79 Å². The summed E-state index contributed by atoms with van der Waals surface area (Å²) < 4.78 is 42.0. The van der Waals surface area contributed by atoms with Crippen LogP contribution < -0.4 is 5.73 Å². The lowest BCUT2D eigenvalue weighted by atomic mass is 10.0. The number of carbonyl (C=O) groups is 1. The van der Waals surface area contributed by atoms with E-state index >= 15 is 0 Å². The molecule has 0 heterocycles. The van der Waals surface area contributed by atoms with Crippen molar-refractivity contribution in [3.8, 4) is 0 Å². The van der Waals surface area contributed by atoms with Gasteiger partial charge < -0.3 is 10.5 Å². The van der Waals surface area contributed by atoms with E-state index in [9.17, 15) is 18.0 Å². The Balaban J connectivity index is 2.59. The van der Waals surface area contributed by atoms with Crippen LogP contribution >= 0.6 is 0 Å². The number of benzene rings is 1. The fourth-order valence-electron chi connectivity index (χ4n) is 1.68. The molecule has 6 heteroatoms. The predicted molar refractivity (Wildman–Crippen MR) is 64.4 cm³/mol. The van der Waals surface area contributed by atoms with E-state index in [2.05, 4.69) is 4.74 Å². The molecule has 0 radical (unpaired) electrons. The molecule has 19 heavy (non-hydrogen) atoms. The maximum atomic E-state index is 12.5. The lowest BCUT2D eigenvalue weighted by molar-refractivity contribution is -0.141. The van der Waals surface area contributed by atoms with Crippen molar-refractivity contribution in [3.63, 3.8) is 0 Å². The summed E-state index contributed by atoms with van der Waals surface area (Å²) in [5.74, 6) is -0.375. The number of hydrogen-bond donors (Lipinski definition) is 1. The molecule has 0 amide bonds. The first-order chi connectivity index (χ1) is 8.82. The molecule has 3 nitrogen and oxygen atoms in total. The molecule has 0 saturated carbocycles. The zero-order chi connectivity index (χ0) is 14.5. The van der Waals surface area contributed by atoms with Crippen molar-refractivity contribution < 1.29 is 22.7 Å². The summed E-state index contributed by atoms with van der Waals surface area (Å²) in [5, 5.41) is 0. The molecule has 1 aromatic rings. The highest BCUT2D eigenvalue weighted by molar-refractivity contribution is 5.69. The molecule has 0 aliphatic heterocycles. The molecule has 106 valence electrons. The first-order valence-corrected chi connectivity index (χ1v) is 5.81. The zero-order valence-corrected chi connectivity index (χ0v) is 10.5. The van der Waals surface area contributed by atoms with E-state index in [4.69, 9.17) is 5.73 Å². The number of carbonyl (C=O) groups excluding carboxylic acids is 1. The van der Waals surface area contributed by atoms with E-state index in [1.807, 2.05) is 0 Å². The highest BCUT2D eigenvalue weighted by atomic mass is 19.4. The topological polar surface area (TPSA) is 52.3 Å². The van der Waals surface area contributed by atoms with Crippen LogP contribution in [-0.2, 0) is 22.1 Å². The highest BCUT2D eigenvalue weighted by Gasteiger charge is 2.30. The molecule has 0 fully saturated rings. The van der Waals surface area contributed by atoms with Gasteiger partial charge in [0.1, 0.15) is 0 Å². The largest absolute Gasteiger partial charge is 0.469 e. The van der Waals surface area contributed by atoms with Crippen LogP contribution in [-0.4, -0.2) is 19.1 Å². The van der Waals surface area contributed by atoms with Crippen molar-refractivity contribution in [2.75, 3.05) is 7.11 Å². The van der Waals surface area contributed by atoms with E-state index < -0.39 is 11.7 Å². The monoisotopic (exact) mass is 275 g/mol. The normalized spacial score (nSPS) is 13.1.